The molecule has 5 atom stereocenters. The smallest absolute Gasteiger partial charge is 0.326 e. The second kappa shape index (κ2) is 15.9. The van der Waals surface area contributed by atoms with Crippen molar-refractivity contribution < 1.29 is 39.0 Å². The second-order valence-electron chi connectivity index (χ2n) is 7.82. The van der Waals surface area contributed by atoms with Crippen LogP contribution in [0.25, 0.3) is 0 Å². The van der Waals surface area contributed by atoms with E-state index >= 15 is 0 Å². The summed E-state index contributed by atoms with van der Waals surface area (Å²) in [6.07, 6.45) is 1.19. The van der Waals surface area contributed by atoms with Gasteiger partial charge in [0.25, 0.3) is 0 Å². The lowest BCUT2D eigenvalue weighted by molar-refractivity contribution is -0.144. The van der Waals surface area contributed by atoms with E-state index in [9.17, 15) is 33.9 Å². The molecule has 0 fully saturated rings. The van der Waals surface area contributed by atoms with Crippen LogP contribution in [0.1, 0.15) is 46.0 Å². The summed E-state index contributed by atoms with van der Waals surface area (Å²) >= 11 is 1.39. The fraction of sp³-hybridized carbons (Fsp3) is 0.700. The Bertz CT molecular complexity index is 750. The van der Waals surface area contributed by atoms with Crippen molar-refractivity contribution in [2.75, 3.05) is 12.0 Å². The number of nitrogens with one attached hydrogen (secondary N) is 3. The lowest BCUT2D eigenvalue weighted by Gasteiger charge is -2.26. The fourth-order valence-corrected chi connectivity index (χ4v) is 3.31. The molecule has 4 amide bonds. The van der Waals surface area contributed by atoms with Crippen LogP contribution in [0.3, 0.4) is 0 Å². The number of hydrogen-bond donors (Lipinski definition) is 7. The van der Waals surface area contributed by atoms with Crippen LogP contribution in [0.4, 0.5) is 0 Å². The zero-order valence-electron chi connectivity index (χ0n) is 19.5. The average molecular weight is 506 g/mol. The first kappa shape index (κ1) is 31.1. The predicted molar refractivity (Wildman–Crippen MR) is 125 cm³/mol. The van der Waals surface area contributed by atoms with E-state index in [0.29, 0.717) is 12.2 Å². The van der Waals surface area contributed by atoms with Crippen LogP contribution >= 0.6 is 11.8 Å². The van der Waals surface area contributed by atoms with Crippen LogP contribution in [0, 0.1) is 5.92 Å². The van der Waals surface area contributed by atoms with E-state index in [1.54, 1.807) is 20.1 Å². The van der Waals surface area contributed by atoms with Crippen LogP contribution in [0.15, 0.2) is 0 Å². The van der Waals surface area contributed by atoms with Gasteiger partial charge in [0.05, 0.1) is 12.5 Å². The van der Waals surface area contributed by atoms with Gasteiger partial charge < -0.3 is 37.6 Å². The summed E-state index contributed by atoms with van der Waals surface area (Å²) in [6, 6.07) is -5.01. The van der Waals surface area contributed by atoms with Crippen molar-refractivity contribution >= 4 is 47.3 Å². The van der Waals surface area contributed by atoms with E-state index in [1.165, 1.54) is 11.8 Å². The van der Waals surface area contributed by atoms with Gasteiger partial charge in [0.2, 0.25) is 23.6 Å². The molecule has 0 aromatic carbocycles. The summed E-state index contributed by atoms with van der Waals surface area (Å²) in [7, 11) is 0. The molecule has 0 bridgehead atoms. The molecule has 0 radical (unpaired) electrons. The Labute approximate surface area is 202 Å². The number of thioether (sulfide) groups is 1. The van der Waals surface area contributed by atoms with Crippen LogP contribution in [-0.2, 0) is 28.8 Å². The number of hydrogen-bond acceptors (Lipinski definition) is 8. The fourth-order valence-electron chi connectivity index (χ4n) is 2.84. The third kappa shape index (κ3) is 11.8. The second-order valence-corrected chi connectivity index (χ2v) is 8.81. The molecule has 194 valence electrons. The Morgan fingerprint density at radius 2 is 1.44 bits per heavy atom. The molecule has 0 spiro atoms. The first-order chi connectivity index (χ1) is 15.8. The highest BCUT2D eigenvalue weighted by molar-refractivity contribution is 7.98. The highest BCUT2D eigenvalue weighted by Crippen LogP contribution is 2.10. The molecule has 0 aromatic rings. The van der Waals surface area contributed by atoms with E-state index in [1.807, 2.05) is 0 Å². The maximum Gasteiger partial charge on any atom is 0.326 e. The van der Waals surface area contributed by atoms with E-state index < -0.39 is 78.5 Å². The Morgan fingerprint density at radius 1 is 0.912 bits per heavy atom. The molecule has 34 heavy (non-hydrogen) atoms. The topological polar surface area (TPSA) is 231 Å². The summed E-state index contributed by atoms with van der Waals surface area (Å²) in [4.78, 5) is 71.5. The number of primary amides is 1. The molecule has 0 aliphatic heterocycles. The van der Waals surface area contributed by atoms with Crippen LogP contribution in [0.5, 0.6) is 0 Å². The van der Waals surface area contributed by atoms with Crippen molar-refractivity contribution in [2.45, 2.75) is 70.1 Å². The lowest BCUT2D eigenvalue weighted by Crippen LogP contribution is -2.58. The van der Waals surface area contributed by atoms with Gasteiger partial charge in [-0.1, -0.05) is 20.3 Å². The minimum Gasteiger partial charge on any atom is -0.481 e. The molecule has 0 aliphatic rings. The largest absolute Gasteiger partial charge is 0.481 e. The molecule has 14 heteroatoms. The summed E-state index contributed by atoms with van der Waals surface area (Å²) in [5, 5.41) is 25.6. The number of carbonyl (C=O) groups is 6. The molecule has 5 unspecified atom stereocenters. The molecule has 9 N–H and O–H groups in total. The van der Waals surface area contributed by atoms with E-state index in [2.05, 4.69) is 16.0 Å². The van der Waals surface area contributed by atoms with Crippen molar-refractivity contribution in [3.05, 3.63) is 0 Å². The Balaban J connectivity index is 5.59. The normalized spacial score (nSPS) is 15.2. The molecule has 0 saturated carbocycles. The van der Waals surface area contributed by atoms with E-state index in [0.717, 1.165) is 0 Å². The molecule has 0 heterocycles. The number of carboxylic acids is 2. The number of amides is 4. The molecule has 13 nitrogen and oxygen atoms in total. The standard InChI is InChI=1S/C20H35N5O8S/c1-4-10(2)16(20(32)33)25-19(31)12(5-6-15(27)28)24-18(30)13(7-8-34-3)23-17(29)11(21)9-14(22)26/h10-13,16H,4-9,21H2,1-3H3,(H2,22,26)(H,23,29)(H,24,30)(H,25,31)(H,27,28)(H,32,33). The first-order valence-corrected chi connectivity index (χ1v) is 12.1. The lowest BCUT2D eigenvalue weighted by atomic mass is 9.98. The number of carbonyl (C=O) groups excluding carboxylic acids is 4. The van der Waals surface area contributed by atoms with Gasteiger partial charge in [-0.3, -0.25) is 24.0 Å². The third-order valence-corrected chi connectivity index (χ3v) is 5.70. The van der Waals surface area contributed by atoms with Crippen LogP contribution in [-0.4, -0.2) is 82.0 Å². The maximum absolute atomic E-state index is 12.9. The maximum atomic E-state index is 12.9. The van der Waals surface area contributed by atoms with Gasteiger partial charge in [-0.05, 0) is 30.8 Å². The van der Waals surface area contributed by atoms with Crippen molar-refractivity contribution in [3.8, 4) is 0 Å². The zero-order valence-corrected chi connectivity index (χ0v) is 20.4. The van der Waals surface area contributed by atoms with Crippen molar-refractivity contribution in [1.29, 1.82) is 0 Å². The number of aliphatic carboxylic acids is 2. The Morgan fingerprint density at radius 3 is 1.91 bits per heavy atom. The molecule has 0 rings (SSSR count). The van der Waals surface area contributed by atoms with Gasteiger partial charge in [0, 0.05) is 6.42 Å². The van der Waals surface area contributed by atoms with Crippen molar-refractivity contribution in [3.63, 3.8) is 0 Å². The minimum absolute atomic E-state index is 0.153. The molecule has 0 aliphatic carbocycles. The predicted octanol–water partition coefficient (Wildman–Crippen LogP) is -1.61. The van der Waals surface area contributed by atoms with Crippen LogP contribution < -0.4 is 27.4 Å². The molecular weight excluding hydrogens is 470 g/mol. The van der Waals surface area contributed by atoms with Crippen LogP contribution in [0.2, 0.25) is 0 Å². The zero-order chi connectivity index (χ0) is 26.4. The molecule has 0 aromatic heterocycles. The van der Waals surface area contributed by atoms with E-state index in [-0.39, 0.29) is 12.8 Å². The first-order valence-electron chi connectivity index (χ1n) is 10.7. The summed E-state index contributed by atoms with van der Waals surface area (Å²) in [5.41, 5.74) is 10.7. The Hall–Kier alpha value is -2.87. The monoisotopic (exact) mass is 505 g/mol. The van der Waals surface area contributed by atoms with Gasteiger partial charge in [-0.2, -0.15) is 11.8 Å². The van der Waals surface area contributed by atoms with Gasteiger partial charge in [0.1, 0.15) is 18.1 Å². The van der Waals surface area contributed by atoms with Crippen molar-refractivity contribution in [1.82, 2.24) is 16.0 Å². The molecule has 0 saturated heterocycles. The van der Waals surface area contributed by atoms with Gasteiger partial charge in [-0.15, -0.1) is 0 Å². The highest BCUT2D eigenvalue weighted by atomic mass is 32.2. The highest BCUT2D eigenvalue weighted by Gasteiger charge is 2.32. The average Bonchev–Trinajstić information content (AvgIpc) is 2.75. The van der Waals surface area contributed by atoms with E-state index in [4.69, 9.17) is 16.6 Å². The number of carboxylic acid groups (broad SMARTS) is 2. The SMILES string of the molecule is CCC(C)C(NC(=O)C(CCC(=O)O)NC(=O)C(CCSC)NC(=O)C(N)CC(N)=O)C(=O)O. The summed E-state index contributed by atoms with van der Waals surface area (Å²) in [5.74, 6) is -5.69. The third-order valence-electron chi connectivity index (χ3n) is 5.06. The molecular formula is C20H35N5O8S. The quantitative estimate of drug-likeness (QED) is 0.119. The summed E-state index contributed by atoms with van der Waals surface area (Å²) < 4.78 is 0. The summed E-state index contributed by atoms with van der Waals surface area (Å²) in [6.45, 7) is 3.38. The minimum atomic E-state index is -1.36. The van der Waals surface area contributed by atoms with Gasteiger partial charge in [0.15, 0.2) is 0 Å². The number of nitrogens with two attached hydrogens (primary N) is 2. The number of rotatable bonds is 17. The Kier molecular flexibility index (Phi) is 14.5. The van der Waals surface area contributed by atoms with Gasteiger partial charge >= 0.3 is 11.9 Å². The van der Waals surface area contributed by atoms with Gasteiger partial charge in [-0.25, -0.2) is 4.79 Å². The van der Waals surface area contributed by atoms with Crippen molar-refractivity contribution in [2.24, 2.45) is 17.4 Å².